The van der Waals surface area contributed by atoms with Crippen molar-refractivity contribution in [2.45, 2.75) is 37.9 Å². The summed E-state index contributed by atoms with van der Waals surface area (Å²) in [4.78, 5) is 2.50. The van der Waals surface area contributed by atoms with Crippen LogP contribution in [0.3, 0.4) is 0 Å². The number of nitrogens with one attached hydrogen (secondary N) is 1. The summed E-state index contributed by atoms with van der Waals surface area (Å²) in [6, 6.07) is 2.90. The molecule has 0 radical (unpaired) electrons. The minimum Gasteiger partial charge on any atom is -0.479 e. The Morgan fingerprint density at radius 1 is 1.53 bits per heavy atom. The molecule has 2 aliphatic rings. The van der Waals surface area contributed by atoms with E-state index in [1.165, 1.54) is 24.1 Å². The van der Waals surface area contributed by atoms with E-state index in [0.29, 0.717) is 18.0 Å². The maximum Gasteiger partial charge on any atom is 0.254 e. The van der Waals surface area contributed by atoms with Crippen LogP contribution in [0.15, 0.2) is 16.8 Å². The first-order valence-corrected chi connectivity index (χ1v) is 6.62. The van der Waals surface area contributed by atoms with Crippen molar-refractivity contribution in [1.29, 1.82) is 0 Å². The van der Waals surface area contributed by atoms with Crippen LogP contribution in [-0.4, -0.2) is 33.4 Å². The van der Waals surface area contributed by atoms with Crippen LogP contribution >= 0.6 is 0 Å². The normalized spacial score (nSPS) is 25.5. The summed E-state index contributed by atoms with van der Waals surface area (Å²) in [5.74, 6) is 1.41. The van der Waals surface area contributed by atoms with Gasteiger partial charge in [0.1, 0.15) is 0 Å². The Bertz CT molecular complexity index is 591. The third-order valence-electron chi connectivity index (χ3n) is 4.28. The highest BCUT2D eigenvalue weighted by Gasteiger charge is 2.41. The van der Waals surface area contributed by atoms with Crippen LogP contribution in [0.2, 0.25) is 0 Å². The van der Waals surface area contributed by atoms with Crippen LogP contribution in [0.4, 0.5) is 0 Å². The van der Waals surface area contributed by atoms with Gasteiger partial charge in [0.2, 0.25) is 0 Å². The molecule has 0 spiro atoms. The van der Waals surface area contributed by atoms with Crippen molar-refractivity contribution < 1.29 is 9.26 Å². The molecule has 2 bridgehead atoms. The van der Waals surface area contributed by atoms with Gasteiger partial charge < -0.3 is 9.26 Å². The van der Waals surface area contributed by atoms with Gasteiger partial charge >= 0.3 is 0 Å². The molecule has 6 heteroatoms. The summed E-state index contributed by atoms with van der Waals surface area (Å²) in [6.07, 6.45) is 5.45. The van der Waals surface area contributed by atoms with E-state index in [2.05, 4.69) is 20.3 Å². The summed E-state index contributed by atoms with van der Waals surface area (Å²) in [6.45, 7) is 0.788. The van der Waals surface area contributed by atoms with Gasteiger partial charge in [-0.2, -0.15) is 5.10 Å². The Balaban J connectivity index is 1.59. The van der Waals surface area contributed by atoms with Crippen molar-refractivity contribution in [2.75, 3.05) is 7.11 Å². The van der Waals surface area contributed by atoms with Crippen LogP contribution < -0.4 is 4.74 Å². The van der Waals surface area contributed by atoms with Gasteiger partial charge in [0.25, 0.3) is 5.88 Å². The molecule has 0 aliphatic carbocycles. The zero-order valence-electron chi connectivity index (χ0n) is 10.8. The van der Waals surface area contributed by atoms with E-state index in [9.17, 15) is 0 Å². The Kier molecular flexibility index (Phi) is 2.38. The smallest absolute Gasteiger partial charge is 0.254 e. The fraction of sp³-hybridized carbons (Fsp3) is 0.538. The number of ether oxygens (including phenoxy) is 1. The maximum atomic E-state index is 5.31. The molecule has 4 rings (SSSR count). The molecule has 1 N–H and O–H groups in total. The predicted octanol–water partition coefficient (Wildman–Crippen LogP) is 1.67. The van der Waals surface area contributed by atoms with E-state index < -0.39 is 0 Å². The monoisotopic (exact) mass is 260 g/mol. The number of aromatic amines is 1. The lowest BCUT2D eigenvalue weighted by molar-refractivity contribution is 0.149. The van der Waals surface area contributed by atoms with Crippen molar-refractivity contribution in [3.05, 3.63) is 29.3 Å². The van der Waals surface area contributed by atoms with Crippen molar-refractivity contribution in [2.24, 2.45) is 0 Å². The zero-order chi connectivity index (χ0) is 12.8. The number of hydrogen-bond acceptors (Lipinski definition) is 5. The highest BCUT2D eigenvalue weighted by molar-refractivity contribution is 5.28. The van der Waals surface area contributed by atoms with Crippen LogP contribution in [0.25, 0.3) is 0 Å². The first kappa shape index (κ1) is 11.0. The fourth-order valence-electron chi connectivity index (χ4n) is 3.38. The molecule has 0 saturated carbocycles. The lowest BCUT2D eigenvalue weighted by Gasteiger charge is -2.33. The van der Waals surface area contributed by atoms with Crippen LogP contribution in [0.5, 0.6) is 5.88 Å². The third-order valence-corrected chi connectivity index (χ3v) is 4.28. The number of aromatic nitrogens is 3. The molecule has 0 amide bonds. The topological polar surface area (TPSA) is 67.2 Å². The summed E-state index contributed by atoms with van der Waals surface area (Å²) >= 11 is 0. The Morgan fingerprint density at radius 2 is 2.47 bits per heavy atom. The molecular formula is C13H16N4O2. The summed E-state index contributed by atoms with van der Waals surface area (Å²) < 4.78 is 10.4. The highest BCUT2D eigenvalue weighted by atomic mass is 16.5. The van der Waals surface area contributed by atoms with Gasteiger partial charge in [-0.25, -0.2) is 0 Å². The summed E-state index contributed by atoms with van der Waals surface area (Å²) in [5, 5.41) is 11.2. The number of fused-ring (bicyclic) bond motifs is 4. The van der Waals surface area contributed by atoms with E-state index in [0.717, 1.165) is 18.7 Å². The molecule has 0 aromatic carbocycles. The summed E-state index contributed by atoms with van der Waals surface area (Å²) in [5.41, 5.74) is 2.65. The van der Waals surface area contributed by atoms with Crippen molar-refractivity contribution >= 4 is 0 Å². The molecule has 1 fully saturated rings. The Labute approximate surface area is 110 Å². The molecule has 19 heavy (non-hydrogen) atoms. The number of methoxy groups -OCH3 is 1. The van der Waals surface area contributed by atoms with Gasteiger partial charge in [-0.1, -0.05) is 0 Å². The molecule has 6 nitrogen and oxygen atoms in total. The first-order chi connectivity index (χ1) is 9.35. The van der Waals surface area contributed by atoms with Crippen molar-refractivity contribution in [3.8, 4) is 5.88 Å². The van der Waals surface area contributed by atoms with Gasteiger partial charge in [-0.05, 0) is 18.0 Å². The molecule has 1 saturated heterocycles. The average Bonchev–Trinajstić information content (AvgIpc) is 3.11. The van der Waals surface area contributed by atoms with Gasteiger partial charge in [-0.3, -0.25) is 10.00 Å². The quantitative estimate of drug-likeness (QED) is 0.909. The van der Waals surface area contributed by atoms with E-state index >= 15 is 0 Å². The number of nitrogens with zero attached hydrogens (tertiary/aromatic N) is 3. The molecular weight excluding hydrogens is 244 g/mol. The largest absolute Gasteiger partial charge is 0.479 e. The SMILES string of the molecule is COc1cc(CN2C3CCC2c2cn[nH]c2C3)on1. The van der Waals surface area contributed by atoms with Gasteiger partial charge in [-0.15, -0.1) is 0 Å². The summed E-state index contributed by atoms with van der Waals surface area (Å²) in [7, 11) is 1.60. The number of hydrogen-bond donors (Lipinski definition) is 1. The zero-order valence-corrected chi connectivity index (χ0v) is 10.8. The number of rotatable bonds is 3. The number of H-pyrrole nitrogens is 1. The van der Waals surface area contributed by atoms with Crippen LogP contribution in [-0.2, 0) is 13.0 Å². The fourth-order valence-corrected chi connectivity index (χ4v) is 3.38. The first-order valence-electron chi connectivity index (χ1n) is 6.62. The van der Waals surface area contributed by atoms with Crippen LogP contribution in [0.1, 0.15) is 35.9 Å². The average molecular weight is 260 g/mol. The van der Waals surface area contributed by atoms with Gasteiger partial charge in [0, 0.05) is 35.8 Å². The van der Waals surface area contributed by atoms with Gasteiger partial charge in [0.05, 0.1) is 19.9 Å². The van der Waals surface area contributed by atoms with Crippen molar-refractivity contribution in [1.82, 2.24) is 20.3 Å². The van der Waals surface area contributed by atoms with E-state index in [-0.39, 0.29) is 0 Å². The van der Waals surface area contributed by atoms with E-state index in [1.807, 2.05) is 12.3 Å². The highest BCUT2D eigenvalue weighted by Crippen LogP contribution is 2.43. The Morgan fingerprint density at radius 3 is 3.32 bits per heavy atom. The Hall–Kier alpha value is -1.82. The minimum atomic E-state index is 0.462. The van der Waals surface area contributed by atoms with Crippen LogP contribution in [0, 0.1) is 0 Å². The second-order valence-corrected chi connectivity index (χ2v) is 5.26. The lowest BCUT2D eigenvalue weighted by Crippen LogP contribution is -2.36. The standard InChI is InChI=1S/C13H16N4O2/c1-18-13-5-9(19-16-13)7-17-8-2-3-12(17)10-6-14-15-11(10)4-8/h5-6,8,12H,2-4,7H2,1H3,(H,14,15). The molecule has 2 atom stereocenters. The second kappa shape index (κ2) is 4.09. The molecule has 100 valence electrons. The molecule has 4 heterocycles. The predicted molar refractivity (Wildman–Crippen MR) is 66.7 cm³/mol. The van der Waals surface area contributed by atoms with E-state index in [4.69, 9.17) is 9.26 Å². The molecule has 2 aliphatic heterocycles. The van der Waals surface area contributed by atoms with E-state index in [1.54, 1.807) is 7.11 Å². The molecule has 2 aromatic rings. The lowest BCUT2D eigenvalue weighted by atomic mass is 10.0. The second-order valence-electron chi connectivity index (χ2n) is 5.26. The minimum absolute atomic E-state index is 0.462. The molecule has 2 aromatic heterocycles. The van der Waals surface area contributed by atoms with Crippen molar-refractivity contribution in [3.63, 3.8) is 0 Å². The van der Waals surface area contributed by atoms with Gasteiger partial charge in [0.15, 0.2) is 5.76 Å². The maximum absolute atomic E-state index is 5.31. The molecule has 2 unspecified atom stereocenters. The third kappa shape index (κ3) is 1.67.